The van der Waals surface area contributed by atoms with E-state index in [9.17, 15) is 4.79 Å². The molecule has 0 aliphatic rings. The molecule has 160 valence electrons. The minimum absolute atomic E-state index is 0.213. The van der Waals surface area contributed by atoms with Crippen molar-refractivity contribution in [3.63, 3.8) is 0 Å². The highest BCUT2D eigenvalue weighted by molar-refractivity contribution is 6.06. The molecule has 0 atom stereocenters. The van der Waals surface area contributed by atoms with E-state index >= 15 is 0 Å². The van der Waals surface area contributed by atoms with Crippen LogP contribution in [-0.4, -0.2) is 11.0 Å². The van der Waals surface area contributed by atoms with Crippen LogP contribution in [-0.2, 0) is 11.3 Å². The van der Waals surface area contributed by atoms with E-state index in [0.29, 0.717) is 5.56 Å². The molecular formula is C30H23NO2. The Bertz CT molecular complexity index is 1410. The predicted molar refractivity (Wildman–Crippen MR) is 133 cm³/mol. The maximum absolute atomic E-state index is 13.3. The Kier molecular flexibility index (Phi) is 5.69. The minimum Gasteiger partial charge on any atom is -0.457 e. The molecule has 0 aliphatic heterocycles. The molecule has 0 unspecified atom stereocenters. The molecule has 0 fully saturated rings. The molecule has 5 aromatic rings. The number of nitrogens with zero attached hydrogens (tertiary/aromatic N) is 1. The average molecular weight is 430 g/mol. The molecule has 0 radical (unpaired) electrons. The van der Waals surface area contributed by atoms with Gasteiger partial charge in [-0.15, -0.1) is 0 Å². The first-order valence-electron chi connectivity index (χ1n) is 11.0. The molecule has 0 N–H and O–H groups in total. The smallest absolute Gasteiger partial charge is 0.339 e. The lowest BCUT2D eigenvalue weighted by atomic mass is 9.98. The van der Waals surface area contributed by atoms with Crippen LogP contribution in [0.25, 0.3) is 33.3 Å². The van der Waals surface area contributed by atoms with Gasteiger partial charge in [0.1, 0.15) is 6.61 Å². The molecule has 0 aliphatic carbocycles. The van der Waals surface area contributed by atoms with Gasteiger partial charge in [0.05, 0.1) is 16.8 Å². The molecule has 5 rings (SSSR count). The molecule has 0 saturated carbocycles. The van der Waals surface area contributed by atoms with Gasteiger partial charge in [-0.3, -0.25) is 0 Å². The highest BCUT2D eigenvalue weighted by atomic mass is 16.5. The van der Waals surface area contributed by atoms with E-state index in [1.54, 1.807) is 0 Å². The van der Waals surface area contributed by atoms with E-state index in [1.807, 2.05) is 91.9 Å². The maximum atomic E-state index is 13.3. The lowest BCUT2D eigenvalue weighted by Gasteiger charge is -2.14. The largest absolute Gasteiger partial charge is 0.457 e. The number of esters is 1. The summed E-state index contributed by atoms with van der Waals surface area (Å²) in [5.74, 6) is -0.338. The summed E-state index contributed by atoms with van der Waals surface area (Å²) < 4.78 is 5.77. The van der Waals surface area contributed by atoms with Gasteiger partial charge in [0.25, 0.3) is 0 Å². The van der Waals surface area contributed by atoms with Crippen molar-refractivity contribution in [3.8, 4) is 22.4 Å². The Hall–Kier alpha value is -4.24. The second-order valence-electron chi connectivity index (χ2n) is 7.98. The highest BCUT2D eigenvalue weighted by Gasteiger charge is 2.20. The quantitative estimate of drug-likeness (QED) is 0.277. The molecule has 33 heavy (non-hydrogen) atoms. The van der Waals surface area contributed by atoms with Crippen LogP contribution in [0.15, 0.2) is 109 Å². The van der Waals surface area contributed by atoms with Crippen LogP contribution < -0.4 is 0 Å². The number of ether oxygens (including phenoxy) is 1. The zero-order valence-corrected chi connectivity index (χ0v) is 18.4. The van der Waals surface area contributed by atoms with Crippen molar-refractivity contribution in [2.24, 2.45) is 0 Å². The summed E-state index contributed by atoms with van der Waals surface area (Å²) in [6.45, 7) is 2.15. The third kappa shape index (κ3) is 4.26. The molecular weight excluding hydrogens is 406 g/mol. The van der Waals surface area contributed by atoms with Crippen molar-refractivity contribution >= 4 is 16.9 Å². The van der Waals surface area contributed by atoms with Crippen LogP contribution in [0.4, 0.5) is 0 Å². The maximum Gasteiger partial charge on any atom is 0.339 e. The van der Waals surface area contributed by atoms with Gasteiger partial charge in [-0.2, -0.15) is 0 Å². The van der Waals surface area contributed by atoms with E-state index in [1.165, 1.54) is 0 Å². The van der Waals surface area contributed by atoms with Gasteiger partial charge in [-0.05, 0) is 35.2 Å². The van der Waals surface area contributed by atoms with Crippen LogP contribution in [0.3, 0.4) is 0 Å². The molecule has 3 heteroatoms. The number of carbonyl (C=O) groups excluding carboxylic acids is 1. The van der Waals surface area contributed by atoms with Gasteiger partial charge in [0, 0.05) is 10.9 Å². The number of rotatable bonds is 5. The van der Waals surface area contributed by atoms with Crippen molar-refractivity contribution < 1.29 is 9.53 Å². The van der Waals surface area contributed by atoms with Crippen molar-refractivity contribution in [2.45, 2.75) is 13.5 Å². The minimum atomic E-state index is -0.338. The normalized spacial score (nSPS) is 10.8. The summed E-state index contributed by atoms with van der Waals surface area (Å²) in [4.78, 5) is 18.1. The van der Waals surface area contributed by atoms with Gasteiger partial charge in [-0.25, -0.2) is 9.78 Å². The fourth-order valence-corrected chi connectivity index (χ4v) is 4.09. The van der Waals surface area contributed by atoms with Crippen molar-refractivity contribution in [1.82, 2.24) is 4.98 Å². The van der Waals surface area contributed by atoms with Gasteiger partial charge < -0.3 is 4.74 Å². The van der Waals surface area contributed by atoms with E-state index in [0.717, 1.165) is 44.4 Å². The van der Waals surface area contributed by atoms with Gasteiger partial charge >= 0.3 is 5.97 Å². The summed E-state index contributed by atoms with van der Waals surface area (Å²) in [6, 6.07) is 36.0. The lowest BCUT2D eigenvalue weighted by molar-refractivity contribution is 0.0474. The van der Waals surface area contributed by atoms with E-state index in [2.05, 4.69) is 24.3 Å². The van der Waals surface area contributed by atoms with Crippen molar-refractivity contribution in [2.75, 3.05) is 0 Å². The summed E-state index contributed by atoms with van der Waals surface area (Å²) in [5, 5.41) is 0.805. The van der Waals surface area contributed by atoms with Crippen LogP contribution in [0, 0.1) is 6.92 Å². The molecule has 0 saturated heterocycles. The number of fused-ring (bicyclic) bond motifs is 1. The number of carbonyl (C=O) groups is 1. The van der Waals surface area contributed by atoms with Crippen LogP contribution in [0.1, 0.15) is 21.5 Å². The van der Waals surface area contributed by atoms with Gasteiger partial charge in [0.15, 0.2) is 0 Å². The Morgan fingerprint density at radius 3 is 1.97 bits per heavy atom. The second kappa shape index (κ2) is 9.09. The molecule has 0 amide bonds. The molecule has 0 bridgehead atoms. The van der Waals surface area contributed by atoms with Crippen LogP contribution in [0.2, 0.25) is 0 Å². The molecule has 0 spiro atoms. The Labute approximate surface area is 193 Å². The zero-order valence-electron chi connectivity index (χ0n) is 18.4. The number of hydrogen-bond donors (Lipinski definition) is 0. The Morgan fingerprint density at radius 1 is 0.697 bits per heavy atom. The number of hydrogen-bond acceptors (Lipinski definition) is 3. The number of para-hydroxylation sites is 1. The molecule has 3 nitrogen and oxygen atoms in total. The average Bonchev–Trinajstić information content (AvgIpc) is 2.88. The summed E-state index contributed by atoms with van der Waals surface area (Å²) >= 11 is 0. The third-order valence-electron chi connectivity index (χ3n) is 5.82. The second-order valence-corrected chi connectivity index (χ2v) is 7.98. The molecule has 4 aromatic carbocycles. The fourth-order valence-electron chi connectivity index (χ4n) is 4.09. The third-order valence-corrected chi connectivity index (χ3v) is 5.82. The van der Waals surface area contributed by atoms with E-state index in [-0.39, 0.29) is 12.6 Å². The number of benzene rings is 4. The summed E-state index contributed by atoms with van der Waals surface area (Å²) in [5.41, 5.74) is 7.19. The van der Waals surface area contributed by atoms with Gasteiger partial charge in [0.2, 0.25) is 0 Å². The topological polar surface area (TPSA) is 39.2 Å². The zero-order chi connectivity index (χ0) is 22.6. The molecule has 1 aromatic heterocycles. The lowest BCUT2D eigenvalue weighted by Crippen LogP contribution is -2.10. The number of aromatic nitrogens is 1. The highest BCUT2D eigenvalue weighted by Crippen LogP contribution is 2.30. The number of pyridine rings is 1. The first kappa shape index (κ1) is 20.7. The van der Waals surface area contributed by atoms with Crippen LogP contribution >= 0.6 is 0 Å². The summed E-state index contributed by atoms with van der Waals surface area (Å²) in [6.07, 6.45) is 0. The first-order chi connectivity index (χ1) is 16.2. The Morgan fingerprint density at radius 2 is 1.27 bits per heavy atom. The monoisotopic (exact) mass is 429 g/mol. The fraction of sp³-hybridized carbons (Fsp3) is 0.0667. The van der Waals surface area contributed by atoms with Crippen molar-refractivity contribution in [3.05, 3.63) is 126 Å². The van der Waals surface area contributed by atoms with Crippen molar-refractivity contribution in [1.29, 1.82) is 0 Å². The standard InChI is InChI=1S/C30H23NO2/c1-21-28(26-14-8-9-15-27(26)31-29(21)25-12-6-3-7-13-25)30(32)33-20-22-16-18-24(19-17-22)23-10-4-2-5-11-23/h2-19H,20H2,1H3. The van der Waals surface area contributed by atoms with E-state index in [4.69, 9.17) is 9.72 Å². The van der Waals surface area contributed by atoms with E-state index < -0.39 is 0 Å². The van der Waals surface area contributed by atoms with Gasteiger partial charge in [-0.1, -0.05) is 103 Å². The van der Waals surface area contributed by atoms with Crippen LogP contribution in [0.5, 0.6) is 0 Å². The first-order valence-corrected chi connectivity index (χ1v) is 11.0. The molecule has 1 heterocycles. The SMILES string of the molecule is Cc1c(-c2ccccc2)nc2ccccc2c1C(=O)OCc1ccc(-c2ccccc2)cc1. The summed E-state index contributed by atoms with van der Waals surface area (Å²) in [7, 11) is 0. The Balaban J connectivity index is 1.43. The predicted octanol–water partition coefficient (Wildman–Crippen LogP) is 7.23.